The summed E-state index contributed by atoms with van der Waals surface area (Å²) in [4.78, 5) is 27.9. The molecule has 0 N–H and O–H groups in total. The molecule has 5 heteroatoms. The highest BCUT2D eigenvalue weighted by atomic mass is 32.2. The molecule has 2 rings (SSSR count). The maximum absolute atomic E-state index is 12.2. The van der Waals surface area contributed by atoms with Crippen LogP contribution >= 0.6 is 11.8 Å². The van der Waals surface area contributed by atoms with Crippen molar-refractivity contribution in [2.75, 3.05) is 25.5 Å². The fourth-order valence-corrected chi connectivity index (χ4v) is 2.89. The predicted molar refractivity (Wildman–Crippen MR) is 88.4 cm³/mol. The van der Waals surface area contributed by atoms with Crippen molar-refractivity contribution < 1.29 is 9.59 Å². The number of rotatable bonds is 5. The SMILES string of the molecule is CCCCN1C(=O)S/C(=C/c2ccc(N(C)C)cc2)C1=O. The van der Waals surface area contributed by atoms with Crippen LogP contribution < -0.4 is 4.90 Å². The lowest BCUT2D eigenvalue weighted by molar-refractivity contribution is -0.122. The molecular formula is C16H20N2O2S. The molecule has 1 aromatic rings. The lowest BCUT2D eigenvalue weighted by atomic mass is 10.2. The van der Waals surface area contributed by atoms with Crippen LogP contribution in [-0.4, -0.2) is 36.7 Å². The monoisotopic (exact) mass is 304 g/mol. The third-order valence-corrected chi connectivity index (χ3v) is 4.22. The van der Waals surface area contributed by atoms with Gasteiger partial charge in [0, 0.05) is 26.3 Å². The van der Waals surface area contributed by atoms with Gasteiger partial charge in [0.2, 0.25) is 0 Å². The second-order valence-electron chi connectivity index (χ2n) is 5.17. The van der Waals surface area contributed by atoms with Crippen molar-refractivity contribution in [1.82, 2.24) is 4.90 Å². The normalized spacial score (nSPS) is 16.9. The average molecular weight is 304 g/mol. The minimum atomic E-state index is -0.171. The van der Waals surface area contributed by atoms with E-state index in [1.165, 1.54) is 4.90 Å². The molecule has 1 fully saturated rings. The van der Waals surface area contributed by atoms with Crippen molar-refractivity contribution in [3.05, 3.63) is 34.7 Å². The van der Waals surface area contributed by atoms with Gasteiger partial charge in [-0.3, -0.25) is 14.5 Å². The Kier molecular flexibility index (Phi) is 5.07. The Morgan fingerprint density at radius 1 is 1.19 bits per heavy atom. The van der Waals surface area contributed by atoms with E-state index in [-0.39, 0.29) is 11.1 Å². The molecule has 0 atom stereocenters. The summed E-state index contributed by atoms with van der Waals surface area (Å²) >= 11 is 1.03. The molecule has 1 aliphatic rings. The van der Waals surface area contributed by atoms with E-state index in [9.17, 15) is 9.59 Å². The molecule has 0 radical (unpaired) electrons. The summed E-state index contributed by atoms with van der Waals surface area (Å²) in [6, 6.07) is 7.89. The van der Waals surface area contributed by atoms with Gasteiger partial charge in [0.1, 0.15) is 0 Å². The standard InChI is InChI=1S/C16H20N2O2S/c1-4-5-10-18-15(19)14(21-16(18)20)11-12-6-8-13(9-7-12)17(2)3/h6-9,11H,4-5,10H2,1-3H3/b14-11+. The molecule has 1 aliphatic heterocycles. The van der Waals surface area contributed by atoms with E-state index in [0.29, 0.717) is 11.4 Å². The van der Waals surface area contributed by atoms with Crippen molar-refractivity contribution in [2.24, 2.45) is 0 Å². The molecule has 1 heterocycles. The largest absolute Gasteiger partial charge is 0.378 e. The Bertz CT molecular complexity index is 564. The molecule has 4 nitrogen and oxygen atoms in total. The third kappa shape index (κ3) is 3.67. The van der Waals surface area contributed by atoms with E-state index in [0.717, 1.165) is 35.9 Å². The number of benzene rings is 1. The Hall–Kier alpha value is -1.75. The van der Waals surface area contributed by atoms with Crippen molar-refractivity contribution in [2.45, 2.75) is 19.8 Å². The minimum Gasteiger partial charge on any atom is -0.378 e. The topological polar surface area (TPSA) is 40.6 Å². The fourth-order valence-electron chi connectivity index (χ4n) is 2.03. The molecule has 0 aromatic heterocycles. The van der Waals surface area contributed by atoms with Crippen molar-refractivity contribution in [3.63, 3.8) is 0 Å². The van der Waals surface area contributed by atoms with Crippen molar-refractivity contribution in [3.8, 4) is 0 Å². The van der Waals surface area contributed by atoms with Gasteiger partial charge in [-0.25, -0.2) is 0 Å². The van der Waals surface area contributed by atoms with E-state index in [1.54, 1.807) is 6.08 Å². The summed E-state index contributed by atoms with van der Waals surface area (Å²) < 4.78 is 0. The van der Waals surface area contributed by atoms with Gasteiger partial charge in [0.05, 0.1) is 4.91 Å². The molecule has 1 saturated heterocycles. The predicted octanol–water partition coefficient (Wildman–Crippen LogP) is 3.59. The first kappa shape index (κ1) is 15.6. The minimum absolute atomic E-state index is 0.162. The second kappa shape index (κ2) is 6.80. The molecule has 2 amide bonds. The van der Waals surface area contributed by atoms with Crippen LogP contribution in [0.1, 0.15) is 25.3 Å². The first-order chi connectivity index (χ1) is 10.0. The molecule has 0 unspecified atom stereocenters. The van der Waals surface area contributed by atoms with Crippen LogP contribution in [0.25, 0.3) is 6.08 Å². The van der Waals surface area contributed by atoms with Crippen LogP contribution in [0.3, 0.4) is 0 Å². The molecule has 0 aliphatic carbocycles. The summed E-state index contributed by atoms with van der Waals surface area (Å²) in [5.41, 5.74) is 2.03. The molecule has 21 heavy (non-hydrogen) atoms. The molecule has 1 aromatic carbocycles. The summed E-state index contributed by atoms with van der Waals surface area (Å²) in [5.74, 6) is -0.171. The molecule has 0 bridgehead atoms. The number of carbonyl (C=O) groups is 2. The number of nitrogens with zero attached hydrogens (tertiary/aromatic N) is 2. The van der Waals surface area contributed by atoms with Crippen LogP contribution in [0.5, 0.6) is 0 Å². The van der Waals surface area contributed by atoms with E-state index < -0.39 is 0 Å². The van der Waals surface area contributed by atoms with E-state index in [4.69, 9.17) is 0 Å². The quantitative estimate of drug-likeness (QED) is 0.780. The number of unbranched alkanes of at least 4 members (excludes halogenated alkanes) is 1. The van der Waals surface area contributed by atoms with Crippen LogP contribution in [-0.2, 0) is 4.79 Å². The maximum atomic E-state index is 12.2. The smallest absolute Gasteiger partial charge is 0.293 e. The number of anilines is 1. The average Bonchev–Trinajstić information content (AvgIpc) is 2.72. The van der Waals surface area contributed by atoms with Crippen LogP contribution in [0.15, 0.2) is 29.2 Å². The lowest BCUT2D eigenvalue weighted by Crippen LogP contribution is -2.29. The van der Waals surface area contributed by atoms with E-state index in [1.807, 2.05) is 50.2 Å². The highest BCUT2D eigenvalue weighted by Crippen LogP contribution is 2.32. The summed E-state index contributed by atoms with van der Waals surface area (Å²) in [7, 11) is 3.96. The maximum Gasteiger partial charge on any atom is 0.293 e. The Labute approximate surface area is 129 Å². The van der Waals surface area contributed by atoms with E-state index in [2.05, 4.69) is 0 Å². The molecular weight excluding hydrogens is 284 g/mol. The number of carbonyl (C=O) groups excluding carboxylic acids is 2. The lowest BCUT2D eigenvalue weighted by Gasteiger charge is -2.12. The van der Waals surface area contributed by atoms with Crippen molar-refractivity contribution >= 4 is 34.7 Å². The Morgan fingerprint density at radius 3 is 2.43 bits per heavy atom. The molecule has 112 valence electrons. The number of hydrogen-bond donors (Lipinski definition) is 0. The second-order valence-corrected chi connectivity index (χ2v) is 6.17. The number of imide groups is 1. The van der Waals surface area contributed by atoms with Gasteiger partial charge < -0.3 is 4.90 Å². The zero-order valence-corrected chi connectivity index (χ0v) is 13.4. The highest BCUT2D eigenvalue weighted by Gasteiger charge is 2.34. The summed E-state index contributed by atoms with van der Waals surface area (Å²) in [6.45, 7) is 2.55. The van der Waals surface area contributed by atoms with Crippen LogP contribution in [0.4, 0.5) is 10.5 Å². The first-order valence-electron chi connectivity index (χ1n) is 7.05. The molecule has 0 saturated carbocycles. The third-order valence-electron chi connectivity index (χ3n) is 3.32. The highest BCUT2D eigenvalue weighted by molar-refractivity contribution is 8.18. The number of thioether (sulfide) groups is 1. The van der Waals surface area contributed by atoms with Gasteiger partial charge in [-0.15, -0.1) is 0 Å². The van der Waals surface area contributed by atoms with Gasteiger partial charge in [-0.05, 0) is 42.0 Å². The number of amides is 2. The van der Waals surface area contributed by atoms with Gasteiger partial charge in [-0.2, -0.15) is 0 Å². The zero-order chi connectivity index (χ0) is 15.4. The number of hydrogen-bond acceptors (Lipinski definition) is 4. The van der Waals surface area contributed by atoms with Gasteiger partial charge >= 0.3 is 0 Å². The van der Waals surface area contributed by atoms with Gasteiger partial charge in [0.25, 0.3) is 11.1 Å². The van der Waals surface area contributed by atoms with Crippen LogP contribution in [0, 0.1) is 0 Å². The van der Waals surface area contributed by atoms with E-state index >= 15 is 0 Å². The Morgan fingerprint density at radius 2 is 1.86 bits per heavy atom. The Balaban J connectivity index is 2.14. The summed E-state index contributed by atoms with van der Waals surface area (Å²) in [5, 5.41) is -0.162. The zero-order valence-electron chi connectivity index (χ0n) is 12.6. The van der Waals surface area contributed by atoms with Gasteiger partial charge in [-0.1, -0.05) is 25.5 Å². The van der Waals surface area contributed by atoms with Gasteiger partial charge in [0.15, 0.2) is 0 Å². The summed E-state index contributed by atoms with van der Waals surface area (Å²) in [6.07, 6.45) is 3.60. The fraction of sp³-hybridized carbons (Fsp3) is 0.375. The first-order valence-corrected chi connectivity index (χ1v) is 7.87. The van der Waals surface area contributed by atoms with Crippen LogP contribution in [0.2, 0.25) is 0 Å². The van der Waals surface area contributed by atoms with Crippen molar-refractivity contribution in [1.29, 1.82) is 0 Å². The molecule has 0 spiro atoms.